The van der Waals surface area contributed by atoms with Gasteiger partial charge in [0.25, 0.3) is 11.8 Å². The molecule has 4 aromatic rings. The first kappa shape index (κ1) is 13.0. The van der Waals surface area contributed by atoms with E-state index < -0.39 is 0 Å². The molecule has 0 atom stereocenters. The summed E-state index contributed by atoms with van der Waals surface area (Å²) in [7, 11) is 0. The quantitative estimate of drug-likeness (QED) is 0.571. The summed E-state index contributed by atoms with van der Waals surface area (Å²) in [5.74, 6) is 1.66. The first-order chi connectivity index (χ1) is 10.9. The summed E-state index contributed by atoms with van der Waals surface area (Å²) < 4.78 is 11.4. The van der Waals surface area contributed by atoms with Gasteiger partial charge in [0.15, 0.2) is 6.61 Å². The summed E-state index contributed by atoms with van der Waals surface area (Å²) in [6.45, 7) is 0.216. The molecule has 22 heavy (non-hydrogen) atoms. The predicted octanol–water partition coefficient (Wildman–Crippen LogP) is 3.93. The van der Waals surface area contributed by atoms with Gasteiger partial charge in [0.1, 0.15) is 11.3 Å². The molecule has 0 amide bonds. The Balaban J connectivity index is 1.55. The highest BCUT2D eigenvalue weighted by atomic mass is 32.1. The molecule has 4 rings (SSSR count). The van der Waals surface area contributed by atoms with E-state index in [1.807, 2.05) is 47.8 Å². The van der Waals surface area contributed by atoms with Gasteiger partial charge >= 0.3 is 0 Å². The SMILES string of the molecule is c1csc(-c2nnc(COc3cccc4cccnc34)o2)c1. The lowest BCUT2D eigenvalue weighted by Gasteiger charge is -2.06. The molecule has 0 saturated heterocycles. The fraction of sp³-hybridized carbons (Fsp3) is 0.0625. The van der Waals surface area contributed by atoms with Crippen LogP contribution in [-0.2, 0) is 6.61 Å². The van der Waals surface area contributed by atoms with Gasteiger partial charge in [0.2, 0.25) is 0 Å². The van der Waals surface area contributed by atoms with Crippen molar-refractivity contribution in [1.29, 1.82) is 0 Å². The zero-order chi connectivity index (χ0) is 14.8. The van der Waals surface area contributed by atoms with Crippen LogP contribution in [0.2, 0.25) is 0 Å². The minimum absolute atomic E-state index is 0.216. The largest absolute Gasteiger partial charge is 0.482 e. The van der Waals surface area contributed by atoms with Crippen LogP contribution in [0.1, 0.15) is 5.89 Å². The molecule has 0 aliphatic rings. The molecule has 0 unspecified atom stereocenters. The maximum atomic E-state index is 5.78. The molecule has 0 bridgehead atoms. The van der Waals surface area contributed by atoms with Crippen molar-refractivity contribution < 1.29 is 9.15 Å². The van der Waals surface area contributed by atoms with Gasteiger partial charge < -0.3 is 9.15 Å². The Hall–Kier alpha value is -2.73. The van der Waals surface area contributed by atoms with Crippen molar-refractivity contribution in [2.75, 3.05) is 0 Å². The standard InChI is InChI=1S/C16H11N3O2S/c1-4-11-5-2-8-17-15(11)12(6-1)20-10-14-18-19-16(21-14)13-7-3-9-22-13/h1-9H,10H2. The van der Waals surface area contributed by atoms with Crippen LogP contribution in [0.5, 0.6) is 5.75 Å². The molecule has 0 saturated carbocycles. The molecule has 3 aromatic heterocycles. The molecular formula is C16H11N3O2S. The number of rotatable bonds is 4. The van der Waals surface area contributed by atoms with E-state index in [1.54, 1.807) is 17.5 Å². The maximum absolute atomic E-state index is 5.78. The molecule has 3 heterocycles. The molecule has 1 aromatic carbocycles. The maximum Gasteiger partial charge on any atom is 0.257 e. The molecule has 0 aliphatic heterocycles. The molecule has 0 aliphatic carbocycles. The second kappa shape index (κ2) is 5.57. The first-order valence-corrected chi connectivity index (χ1v) is 7.61. The van der Waals surface area contributed by atoms with Gasteiger partial charge in [-0.15, -0.1) is 21.5 Å². The topological polar surface area (TPSA) is 61.0 Å². The number of nitrogens with zero attached hydrogens (tertiary/aromatic N) is 3. The summed E-state index contributed by atoms with van der Waals surface area (Å²) in [6.07, 6.45) is 1.75. The van der Waals surface area contributed by atoms with Crippen LogP contribution in [-0.4, -0.2) is 15.2 Å². The molecule has 108 valence electrons. The smallest absolute Gasteiger partial charge is 0.257 e. The van der Waals surface area contributed by atoms with E-state index in [0.717, 1.165) is 15.8 Å². The monoisotopic (exact) mass is 309 g/mol. The summed E-state index contributed by atoms with van der Waals surface area (Å²) in [5.41, 5.74) is 0.822. The highest BCUT2D eigenvalue weighted by Crippen LogP contribution is 2.25. The van der Waals surface area contributed by atoms with Crippen LogP contribution in [0.4, 0.5) is 0 Å². The highest BCUT2D eigenvalue weighted by molar-refractivity contribution is 7.13. The Kier molecular flexibility index (Phi) is 3.29. The zero-order valence-corrected chi connectivity index (χ0v) is 12.3. The average Bonchev–Trinajstić information content (AvgIpc) is 3.24. The van der Waals surface area contributed by atoms with Crippen molar-refractivity contribution in [3.05, 3.63) is 59.9 Å². The van der Waals surface area contributed by atoms with E-state index in [9.17, 15) is 0 Å². The van der Waals surface area contributed by atoms with Gasteiger partial charge in [-0.2, -0.15) is 0 Å². The number of fused-ring (bicyclic) bond motifs is 1. The van der Waals surface area contributed by atoms with E-state index in [2.05, 4.69) is 15.2 Å². The van der Waals surface area contributed by atoms with Gasteiger partial charge in [-0.1, -0.05) is 24.3 Å². The zero-order valence-electron chi connectivity index (χ0n) is 11.5. The number of hydrogen-bond donors (Lipinski definition) is 0. The summed E-state index contributed by atoms with van der Waals surface area (Å²) in [5, 5.41) is 11.0. The van der Waals surface area contributed by atoms with E-state index in [4.69, 9.17) is 9.15 Å². The van der Waals surface area contributed by atoms with Crippen molar-refractivity contribution in [2.24, 2.45) is 0 Å². The van der Waals surface area contributed by atoms with Crippen LogP contribution in [0.25, 0.3) is 21.7 Å². The number of pyridine rings is 1. The molecule has 0 spiro atoms. The van der Waals surface area contributed by atoms with E-state index in [0.29, 0.717) is 17.5 Å². The number of para-hydroxylation sites is 1. The Morgan fingerprint density at radius 3 is 2.91 bits per heavy atom. The van der Waals surface area contributed by atoms with Crippen LogP contribution in [0, 0.1) is 0 Å². The second-order valence-electron chi connectivity index (χ2n) is 4.60. The molecule has 0 fully saturated rings. The van der Waals surface area contributed by atoms with Gasteiger partial charge in [0.05, 0.1) is 4.88 Å². The Bertz CT molecular complexity index is 897. The highest BCUT2D eigenvalue weighted by Gasteiger charge is 2.10. The minimum Gasteiger partial charge on any atom is -0.482 e. The van der Waals surface area contributed by atoms with Crippen molar-refractivity contribution in [2.45, 2.75) is 6.61 Å². The Morgan fingerprint density at radius 2 is 2.00 bits per heavy atom. The number of thiophene rings is 1. The Morgan fingerprint density at radius 1 is 1.05 bits per heavy atom. The van der Waals surface area contributed by atoms with Crippen LogP contribution in [0.15, 0.2) is 58.5 Å². The number of ether oxygens (including phenoxy) is 1. The molecular weight excluding hydrogens is 298 g/mol. The van der Waals surface area contributed by atoms with Gasteiger partial charge in [-0.3, -0.25) is 4.98 Å². The number of aromatic nitrogens is 3. The molecule has 0 radical (unpaired) electrons. The van der Waals surface area contributed by atoms with E-state index in [-0.39, 0.29) is 6.61 Å². The van der Waals surface area contributed by atoms with Crippen molar-refractivity contribution in [3.63, 3.8) is 0 Å². The lowest BCUT2D eigenvalue weighted by molar-refractivity contribution is 0.267. The van der Waals surface area contributed by atoms with Gasteiger partial charge in [-0.25, -0.2) is 0 Å². The van der Waals surface area contributed by atoms with Crippen LogP contribution >= 0.6 is 11.3 Å². The number of hydrogen-bond acceptors (Lipinski definition) is 6. The second-order valence-corrected chi connectivity index (χ2v) is 5.55. The third-order valence-corrected chi connectivity index (χ3v) is 4.00. The first-order valence-electron chi connectivity index (χ1n) is 6.73. The van der Waals surface area contributed by atoms with Crippen LogP contribution < -0.4 is 4.74 Å². The third kappa shape index (κ3) is 2.44. The van der Waals surface area contributed by atoms with Crippen molar-refractivity contribution in [3.8, 4) is 16.5 Å². The van der Waals surface area contributed by atoms with Gasteiger partial charge in [-0.05, 0) is 23.6 Å². The lowest BCUT2D eigenvalue weighted by Crippen LogP contribution is -1.97. The average molecular weight is 309 g/mol. The van der Waals surface area contributed by atoms with Gasteiger partial charge in [0, 0.05) is 11.6 Å². The fourth-order valence-electron chi connectivity index (χ4n) is 2.14. The summed E-state index contributed by atoms with van der Waals surface area (Å²) in [4.78, 5) is 5.30. The van der Waals surface area contributed by atoms with Crippen molar-refractivity contribution >= 4 is 22.2 Å². The molecule has 6 heteroatoms. The molecule has 0 N–H and O–H groups in total. The van der Waals surface area contributed by atoms with Crippen molar-refractivity contribution in [1.82, 2.24) is 15.2 Å². The summed E-state index contributed by atoms with van der Waals surface area (Å²) >= 11 is 1.56. The van der Waals surface area contributed by atoms with E-state index >= 15 is 0 Å². The third-order valence-electron chi connectivity index (χ3n) is 3.15. The fourth-order valence-corrected chi connectivity index (χ4v) is 2.79. The lowest BCUT2D eigenvalue weighted by atomic mass is 10.2. The molecule has 5 nitrogen and oxygen atoms in total. The normalized spacial score (nSPS) is 10.9. The number of benzene rings is 1. The summed E-state index contributed by atoms with van der Waals surface area (Å²) in [6, 6.07) is 13.6. The predicted molar refractivity (Wildman–Crippen MR) is 83.7 cm³/mol. The minimum atomic E-state index is 0.216. The van der Waals surface area contributed by atoms with E-state index in [1.165, 1.54) is 0 Å². The Labute approximate surface area is 130 Å². The van der Waals surface area contributed by atoms with Crippen LogP contribution in [0.3, 0.4) is 0 Å².